The van der Waals surface area contributed by atoms with Crippen molar-refractivity contribution in [3.05, 3.63) is 17.5 Å². The van der Waals surface area contributed by atoms with Crippen molar-refractivity contribution in [3.63, 3.8) is 0 Å². The molecule has 1 aromatic heterocycles. The Bertz CT molecular complexity index is 407. The van der Waals surface area contributed by atoms with Crippen LogP contribution in [0.5, 0.6) is 0 Å². The van der Waals surface area contributed by atoms with Crippen molar-refractivity contribution in [3.8, 4) is 0 Å². The second-order valence-electron chi connectivity index (χ2n) is 4.56. The SMILES string of the molecule is Cc1nn(C)cc1C(=O)NCC1(O)CCC1. The van der Waals surface area contributed by atoms with Gasteiger partial charge in [0.05, 0.1) is 16.9 Å². The van der Waals surface area contributed by atoms with Gasteiger partial charge < -0.3 is 10.4 Å². The Morgan fingerprint density at radius 2 is 2.38 bits per heavy atom. The first-order chi connectivity index (χ1) is 7.50. The van der Waals surface area contributed by atoms with Gasteiger partial charge in [0.25, 0.3) is 5.91 Å². The fourth-order valence-electron chi connectivity index (χ4n) is 1.92. The van der Waals surface area contributed by atoms with E-state index in [0.717, 1.165) is 19.3 Å². The standard InChI is InChI=1S/C11H17N3O2/c1-8-9(6-14(2)13-8)10(15)12-7-11(16)4-3-5-11/h6,16H,3-5,7H2,1-2H3,(H,12,15). The van der Waals surface area contributed by atoms with Gasteiger partial charge in [-0.05, 0) is 26.2 Å². The van der Waals surface area contributed by atoms with Crippen molar-refractivity contribution in [2.75, 3.05) is 6.54 Å². The summed E-state index contributed by atoms with van der Waals surface area (Å²) in [5, 5.41) is 16.7. The molecule has 2 rings (SSSR count). The highest BCUT2D eigenvalue weighted by Gasteiger charge is 2.34. The molecule has 5 heteroatoms. The Balaban J connectivity index is 1.95. The van der Waals surface area contributed by atoms with E-state index in [4.69, 9.17) is 0 Å². The van der Waals surface area contributed by atoms with Gasteiger partial charge in [0, 0.05) is 19.8 Å². The van der Waals surface area contributed by atoms with Gasteiger partial charge in [-0.3, -0.25) is 9.48 Å². The van der Waals surface area contributed by atoms with E-state index in [9.17, 15) is 9.90 Å². The van der Waals surface area contributed by atoms with E-state index < -0.39 is 5.60 Å². The molecule has 0 spiro atoms. The summed E-state index contributed by atoms with van der Waals surface area (Å²) >= 11 is 0. The fourth-order valence-corrected chi connectivity index (χ4v) is 1.92. The minimum atomic E-state index is -0.675. The van der Waals surface area contributed by atoms with Crippen molar-refractivity contribution < 1.29 is 9.90 Å². The van der Waals surface area contributed by atoms with E-state index >= 15 is 0 Å². The minimum absolute atomic E-state index is 0.161. The molecule has 1 aliphatic rings. The summed E-state index contributed by atoms with van der Waals surface area (Å²) in [6, 6.07) is 0. The Morgan fingerprint density at radius 3 is 2.81 bits per heavy atom. The number of nitrogens with one attached hydrogen (secondary N) is 1. The number of amides is 1. The molecular formula is C11H17N3O2. The van der Waals surface area contributed by atoms with Crippen LogP contribution in [-0.4, -0.2) is 32.9 Å². The average molecular weight is 223 g/mol. The number of rotatable bonds is 3. The molecule has 1 saturated carbocycles. The monoisotopic (exact) mass is 223 g/mol. The number of aryl methyl sites for hydroxylation is 2. The third-order valence-corrected chi connectivity index (χ3v) is 3.12. The average Bonchev–Trinajstić information content (AvgIpc) is 2.51. The third-order valence-electron chi connectivity index (χ3n) is 3.12. The largest absolute Gasteiger partial charge is 0.388 e. The highest BCUT2D eigenvalue weighted by atomic mass is 16.3. The number of hydrogen-bond donors (Lipinski definition) is 2. The van der Waals surface area contributed by atoms with Crippen LogP contribution < -0.4 is 5.32 Å². The number of aromatic nitrogens is 2. The lowest BCUT2D eigenvalue weighted by molar-refractivity contribution is -0.0300. The van der Waals surface area contributed by atoms with Crippen molar-refractivity contribution in [1.29, 1.82) is 0 Å². The molecule has 0 radical (unpaired) electrons. The van der Waals surface area contributed by atoms with E-state index in [-0.39, 0.29) is 5.91 Å². The van der Waals surface area contributed by atoms with Crippen molar-refractivity contribution in [1.82, 2.24) is 15.1 Å². The molecule has 88 valence electrons. The molecule has 1 fully saturated rings. The number of aliphatic hydroxyl groups is 1. The molecule has 0 saturated heterocycles. The molecule has 2 N–H and O–H groups in total. The van der Waals surface area contributed by atoms with Crippen LogP contribution >= 0.6 is 0 Å². The zero-order chi connectivity index (χ0) is 11.8. The maximum absolute atomic E-state index is 11.8. The molecule has 1 aromatic rings. The number of hydrogen-bond acceptors (Lipinski definition) is 3. The van der Waals surface area contributed by atoms with Crippen molar-refractivity contribution >= 4 is 5.91 Å². The number of carbonyl (C=O) groups excluding carboxylic acids is 1. The predicted molar refractivity (Wildman–Crippen MR) is 59.1 cm³/mol. The topological polar surface area (TPSA) is 67.2 Å². The molecule has 16 heavy (non-hydrogen) atoms. The lowest BCUT2D eigenvalue weighted by atomic mass is 9.80. The Morgan fingerprint density at radius 1 is 1.69 bits per heavy atom. The first kappa shape index (κ1) is 11.1. The van der Waals surface area contributed by atoms with Crippen molar-refractivity contribution in [2.24, 2.45) is 7.05 Å². The van der Waals surface area contributed by atoms with Gasteiger partial charge >= 0.3 is 0 Å². The van der Waals surface area contributed by atoms with Gasteiger partial charge in [-0.15, -0.1) is 0 Å². The molecule has 1 heterocycles. The zero-order valence-electron chi connectivity index (χ0n) is 9.66. The molecule has 1 amide bonds. The molecule has 0 aromatic carbocycles. The lowest BCUT2D eigenvalue weighted by Crippen LogP contribution is -2.47. The van der Waals surface area contributed by atoms with Crippen LogP contribution in [0, 0.1) is 6.92 Å². The molecule has 0 atom stereocenters. The summed E-state index contributed by atoms with van der Waals surface area (Å²) in [7, 11) is 1.78. The first-order valence-electron chi connectivity index (χ1n) is 5.51. The van der Waals surface area contributed by atoms with Crippen LogP contribution in [0.2, 0.25) is 0 Å². The van der Waals surface area contributed by atoms with Crippen LogP contribution in [0.25, 0.3) is 0 Å². The van der Waals surface area contributed by atoms with Crippen molar-refractivity contribution in [2.45, 2.75) is 31.8 Å². The van der Waals surface area contributed by atoms with Gasteiger partial charge in [0.2, 0.25) is 0 Å². The normalized spacial score (nSPS) is 17.9. The van der Waals surface area contributed by atoms with Gasteiger partial charge in [0.15, 0.2) is 0 Å². The number of carbonyl (C=O) groups is 1. The van der Waals surface area contributed by atoms with Crippen LogP contribution in [0.1, 0.15) is 35.3 Å². The quantitative estimate of drug-likeness (QED) is 0.778. The maximum Gasteiger partial charge on any atom is 0.254 e. The molecule has 1 aliphatic carbocycles. The fraction of sp³-hybridized carbons (Fsp3) is 0.636. The minimum Gasteiger partial charge on any atom is -0.388 e. The van der Waals surface area contributed by atoms with Gasteiger partial charge in [-0.25, -0.2) is 0 Å². The summed E-state index contributed by atoms with van der Waals surface area (Å²) < 4.78 is 1.61. The second kappa shape index (κ2) is 3.90. The highest BCUT2D eigenvalue weighted by Crippen LogP contribution is 2.30. The molecule has 0 aliphatic heterocycles. The third kappa shape index (κ3) is 2.09. The Kier molecular flexibility index (Phi) is 2.71. The Labute approximate surface area is 94.5 Å². The molecule has 0 bridgehead atoms. The molecule has 0 unspecified atom stereocenters. The van der Waals surface area contributed by atoms with Gasteiger partial charge in [0.1, 0.15) is 0 Å². The maximum atomic E-state index is 11.8. The van der Waals surface area contributed by atoms with Gasteiger partial charge in [-0.1, -0.05) is 0 Å². The van der Waals surface area contributed by atoms with Crippen LogP contribution in [0.15, 0.2) is 6.20 Å². The molecule has 5 nitrogen and oxygen atoms in total. The highest BCUT2D eigenvalue weighted by molar-refractivity contribution is 5.95. The first-order valence-corrected chi connectivity index (χ1v) is 5.51. The smallest absolute Gasteiger partial charge is 0.254 e. The van der Waals surface area contributed by atoms with Gasteiger partial charge in [-0.2, -0.15) is 5.10 Å². The summed E-state index contributed by atoms with van der Waals surface area (Å²) in [6.45, 7) is 2.13. The van der Waals surface area contributed by atoms with Crippen LogP contribution in [0.3, 0.4) is 0 Å². The van der Waals surface area contributed by atoms with Crippen LogP contribution in [-0.2, 0) is 7.05 Å². The Hall–Kier alpha value is -1.36. The summed E-state index contributed by atoms with van der Waals surface area (Å²) in [4.78, 5) is 11.8. The van der Waals surface area contributed by atoms with E-state index in [1.807, 2.05) is 0 Å². The molecular weight excluding hydrogens is 206 g/mol. The van der Waals surface area contributed by atoms with E-state index in [1.54, 1.807) is 24.9 Å². The number of nitrogens with zero attached hydrogens (tertiary/aromatic N) is 2. The summed E-state index contributed by atoms with van der Waals surface area (Å²) in [5.74, 6) is -0.161. The van der Waals surface area contributed by atoms with Crippen LogP contribution in [0.4, 0.5) is 0 Å². The van der Waals surface area contributed by atoms with E-state index in [1.165, 1.54) is 0 Å². The summed E-state index contributed by atoms with van der Waals surface area (Å²) in [5.41, 5.74) is 0.609. The zero-order valence-corrected chi connectivity index (χ0v) is 9.66. The predicted octanol–water partition coefficient (Wildman–Crippen LogP) is 0.373. The van der Waals surface area contributed by atoms with E-state index in [0.29, 0.717) is 17.8 Å². The van der Waals surface area contributed by atoms with E-state index in [2.05, 4.69) is 10.4 Å². The summed E-state index contributed by atoms with van der Waals surface area (Å²) in [6.07, 6.45) is 4.28. The second-order valence-corrected chi connectivity index (χ2v) is 4.56. The lowest BCUT2D eigenvalue weighted by Gasteiger charge is -2.36.